The van der Waals surface area contributed by atoms with E-state index < -0.39 is 0 Å². The van der Waals surface area contributed by atoms with E-state index >= 15 is 0 Å². The first-order chi connectivity index (χ1) is 8.78. The van der Waals surface area contributed by atoms with Crippen molar-refractivity contribution in [1.29, 1.82) is 0 Å². The summed E-state index contributed by atoms with van der Waals surface area (Å²) in [5.41, 5.74) is 1.86. The van der Waals surface area contributed by atoms with Gasteiger partial charge in [0, 0.05) is 17.3 Å². The first-order valence-electron chi connectivity index (χ1n) is 6.53. The van der Waals surface area contributed by atoms with E-state index in [9.17, 15) is 4.79 Å². The Bertz CT molecular complexity index is 469. The van der Waals surface area contributed by atoms with E-state index in [0.29, 0.717) is 0 Å². The number of hydrogen-bond donors (Lipinski definition) is 2. The van der Waals surface area contributed by atoms with Gasteiger partial charge in [-0.25, -0.2) is 0 Å². The summed E-state index contributed by atoms with van der Waals surface area (Å²) in [6.45, 7) is 0.771. The van der Waals surface area contributed by atoms with Crippen LogP contribution in [0.2, 0.25) is 0 Å². The highest BCUT2D eigenvalue weighted by Crippen LogP contribution is 2.35. The summed E-state index contributed by atoms with van der Waals surface area (Å²) in [5.74, 6) is 1.72. The number of anilines is 1. The van der Waals surface area contributed by atoms with Crippen molar-refractivity contribution < 1.29 is 9.53 Å². The summed E-state index contributed by atoms with van der Waals surface area (Å²) in [6.07, 6.45) is 3.85. The van der Waals surface area contributed by atoms with Crippen molar-refractivity contribution in [3.05, 3.63) is 23.8 Å². The number of rotatable bonds is 5. The molecule has 0 spiro atoms. The Morgan fingerprint density at radius 3 is 3.00 bits per heavy atom. The molecule has 1 amide bonds. The zero-order valence-corrected chi connectivity index (χ0v) is 10.5. The lowest BCUT2D eigenvalue weighted by atomic mass is 10.1. The van der Waals surface area contributed by atoms with E-state index in [1.54, 1.807) is 7.05 Å². The smallest absolute Gasteiger partial charge is 0.246 e. The maximum absolute atomic E-state index is 11.7. The Hall–Kier alpha value is -1.55. The quantitative estimate of drug-likeness (QED) is 0.836. The van der Waals surface area contributed by atoms with Gasteiger partial charge in [0.05, 0.1) is 6.61 Å². The fourth-order valence-electron chi connectivity index (χ4n) is 2.37. The Labute approximate surface area is 107 Å². The highest BCUT2D eigenvalue weighted by Gasteiger charge is 2.29. The molecule has 0 radical (unpaired) electrons. The van der Waals surface area contributed by atoms with Crippen LogP contribution in [0.15, 0.2) is 18.2 Å². The van der Waals surface area contributed by atoms with Crippen LogP contribution < -0.4 is 15.4 Å². The lowest BCUT2D eigenvalue weighted by Crippen LogP contribution is -2.23. The zero-order valence-electron chi connectivity index (χ0n) is 10.5. The third-order valence-corrected chi connectivity index (χ3v) is 3.64. The molecular weight excluding hydrogens is 228 g/mol. The molecule has 1 heterocycles. The molecule has 0 aromatic heterocycles. The van der Waals surface area contributed by atoms with Gasteiger partial charge in [-0.05, 0) is 25.5 Å². The standard InChI is InChI=1S/C14H18N2O2/c1-15-13-11-5-4-10(8-12(11)16-14(13)17)18-7-6-9-2-3-9/h4-5,8-9,13,15H,2-3,6-7H2,1H3,(H,16,17). The van der Waals surface area contributed by atoms with E-state index in [2.05, 4.69) is 10.6 Å². The van der Waals surface area contributed by atoms with Crippen molar-refractivity contribution >= 4 is 11.6 Å². The van der Waals surface area contributed by atoms with Gasteiger partial charge < -0.3 is 15.4 Å². The summed E-state index contributed by atoms with van der Waals surface area (Å²) in [7, 11) is 1.79. The fourth-order valence-corrected chi connectivity index (χ4v) is 2.37. The maximum atomic E-state index is 11.7. The van der Waals surface area contributed by atoms with Crippen molar-refractivity contribution in [2.45, 2.75) is 25.3 Å². The van der Waals surface area contributed by atoms with Gasteiger partial charge in [0.1, 0.15) is 11.8 Å². The van der Waals surface area contributed by atoms with Crippen LogP contribution in [-0.4, -0.2) is 19.6 Å². The van der Waals surface area contributed by atoms with Gasteiger partial charge in [0.2, 0.25) is 5.91 Å². The number of benzene rings is 1. The molecule has 1 aromatic rings. The number of ether oxygens (including phenoxy) is 1. The average molecular weight is 246 g/mol. The van der Waals surface area contributed by atoms with E-state index in [4.69, 9.17) is 4.74 Å². The summed E-state index contributed by atoms with van der Waals surface area (Å²) in [6, 6.07) is 5.58. The number of hydrogen-bond acceptors (Lipinski definition) is 3. The molecule has 2 N–H and O–H groups in total. The summed E-state index contributed by atoms with van der Waals surface area (Å²) in [5, 5.41) is 5.87. The van der Waals surface area contributed by atoms with E-state index in [-0.39, 0.29) is 11.9 Å². The molecule has 4 nitrogen and oxygen atoms in total. The van der Waals surface area contributed by atoms with Crippen LogP contribution >= 0.6 is 0 Å². The Kier molecular flexibility index (Phi) is 2.96. The number of nitrogens with one attached hydrogen (secondary N) is 2. The highest BCUT2D eigenvalue weighted by molar-refractivity contribution is 6.02. The summed E-state index contributed by atoms with van der Waals surface area (Å²) >= 11 is 0. The normalized spacial score (nSPS) is 21.6. The van der Waals surface area contributed by atoms with Crippen LogP contribution in [0.5, 0.6) is 5.75 Å². The SMILES string of the molecule is CNC1C(=O)Nc2cc(OCCC3CC3)ccc21. The van der Waals surface area contributed by atoms with Crippen LogP contribution in [0.3, 0.4) is 0 Å². The molecule has 1 atom stereocenters. The number of carbonyl (C=O) groups is 1. The third kappa shape index (κ3) is 2.20. The fraction of sp³-hybridized carbons (Fsp3) is 0.500. The lowest BCUT2D eigenvalue weighted by molar-refractivity contribution is -0.117. The van der Waals surface area contributed by atoms with Crippen LogP contribution in [0.1, 0.15) is 30.9 Å². The minimum atomic E-state index is -0.236. The molecule has 0 bridgehead atoms. The third-order valence-electron chi connectivity index (χ3n) is 3.64. The molecule has 1 aliphatic carbocycles. The Balaban J connectivity index is 1.67. The first kappa shape index (κ1) is 11.5. The van der Waals surface area contributed by atoms with Gasteiger partial charge in [-0.15, -0.1) is 0 Å². The molecule has 1 saturated carbocycles. The minimum Gasteiger partial charge on any atom is -0.494 e. The molecule has 96 valence electrons. The Morgan fingerprint density at radius 2 is 2.28 bits per heavy atom. The highest BCUT2D eigenvalue weighted by atomic mass is 16.5. The molecule has 1 aromatic carbocycles. The number of carbonyl (C=O) groups excluding carboxylic acids is 1. The van der Waals surface area contributed by atoms with Gasteiger partial charge in [-0.3, -0.25) is 4.79 Å². The van der Waals surface area contributed by atoms with Crippen LogP contribution in [0.25, 0.3) is 0 Å². The van der Waals surface area contributed by atoms with Gasteiger partial charge in [0.25, 0.3) is 0 Å². The zero-order chi connectivity index (χ0) is 12.5. The molecule has 2 aliphatic rings. The maximum Gasteiger partial charge on any atom is 0.246 e. The predicted octanol–water partition coefficient (Wildman–Crippen LogP) is 2.08. The minimum absolute atomic E-state index is 0.00244. The van der Waals surface area contributed by atoms with Crippen LogP contribution in [0.4, 0.5) is 5.69 Å². The first-order valence-corrected chi connectivity index (χ1v) is 6.53. The summed E-state index contributed by atoms with van der Waals surface area (Å²) < 4.78 is 5.71. The van der Waals surface area contributed by atoms with Crippen molar-refractivity contribution in [3.63, 3.8) is 0 Å². The molecular formula is C14H18N2O2. The second-order valence-corrected chi connectivity index (χ2v) is 5.04. The van der Waals surface area contributed by atoms with E-state index in [0.717, 1.165) is 35.9 Å². The average Bonchev–Trinajstić information content (AvgIpc) is 3.11. The molecule has 1 unspecified atom stereocenters. The number of likely N-dealkylation sites (N-methyl/N-ethyl adjacent to an activating group) is 1. The van der Waals surface area contributed by atoms with Crippen molar-refractivity contribution in [2.75, 3.05) is 19.0 Å². The molecule has 1 aliphatic heterocycles. The van der Waals surface area contributed by atoms with Crippen molar-refractivity contribution in [3.8, 4) is 5.75 Å². The monoisotopic (exact) mass is 246 g/mol. The molecule has 3 rings (SSSR count). The predicted molar refractivity (Wildman–Crippen MR) is 69.7 cm³/mol. The van der Waals surface area contributed by atoms with Crippen molar-refractivity contribution in [1.82, 2.24) is 5.32 Å². The summed E-state index contributed by atoms with van der Waals surface area (Å²) in [4.78, 5) is 11.7. The molecule has 1 fully saturated rings. The molecule has 4 heteroatoms. The Morgan fingerprint density at radius 1 is 1.44 bits per heavy atom. The van der Waals surface area contributed by atoms with E-state index in [1.807, 2.05) is 18.2 Å². The number of fused-ring (bicyclic) bond motifs is 1. The lowest BCUT2D eigenvalue weighted by Gasteiger charge is -2.09. The second kappa shape index (κ2) is 4.61. The van der Waals surface area contributed by atoms with E-state index in [1.165, 1.54) is 12.8 Å². The van der Waals surface area contributed by atoms with Crippen LogP contribution in [0, 0.1) is 5.92 Å². The van der Waals surface area contributed by atoms with Gasteiger partial charge >= 0.3 is 0 Å². The van der Waals surface area contributed by atoms with Gasteiger partial charge in [0.15, 0.2) is 0 Å². The molecule has 0 saturated heterocycles. The molecule has 18 heavy (non-hydrogen) atoms. The van der Waals surface area contributed by atoms with Crippen molar-refractivity contribution in [2.24, 2.45) is 5.92 Å². The van der Waals surface area contributed by atoms with Gasteiger partial charge in [-0.1, -0.05) is 18.9 Å². The van der Waals surface area contributed by atoms with Gasteiger partial charge in [-0.2, -0.15) is 0 Å². The second-order valence-electron chi connectivity index (χ2n) is 5.04. The number of amides is 1. The van der Waals surface area contributed by atoms with Crippen LogP contribution in [-0.2, 0) is 4.79 Å². The largest absolute Gasteiger partial charge is 0.494 e. The topological polar surface area (TPSA) is 50.4 Å².